The van der Waals surface area contributed by atoms with E-state index in [2.05, 4.69) is 5.32 Å². The maximum absolute atomic E-state index is 11.9. The number of aliphatic hydroxyl groups is 1. The van der Waals surface area contributed by atoms with E-state index in [9.17, 15) is 14.7 Å². The van der Waals surface area contributed by atoms with Crippen molar-refractivity contribution in [1.82, 2.24) is 5.32 Å². The first kappa shape index (κ1) is 21.7. The van der Waals surface area contributed by atoms with E-state index in [1.54, 1.807) is 0 Å². The Bertz CT molecular complexity index is 442. The summed E-state index contributed by atoms with van der Waals surface area (Å²) < 4.78 is 10.6. The van der Waals surface area contributed by atoms with Gasteiger partial charge in [0.15, 0.2) is 0 Å². The van der Waals surface area contributed by atoms with Crippen LogP contribution in [0.4, 0.5) is 4.79 Å². The second-order valence-electron chi connectivity index (χ2n) is 9.01. The van der Waals surface area contributed by atoms with E-state index in [4.69, 9.17) is 9.47 Å². The van der Waals surface area contributed by atoms with Crippen LogP contribution in [0.5, 0.6) is 0 Å². The number of nitrogens with one attached hydrogen (secondary N) is 1. The average Bonchev–Trinajstić information content (AvgIpc) is 2.41. The van der Waals surface area contributed by atoms with Crippen LogP contribution in [-0.2, 0) is 14.3 Å². The molecule has 0 aromatic heterocycles. The first-order valence-corrected chi connectivity index (χ1v) is 9.22. The van der Waals surface area contributed by atoms with Crippen molar-refractivity contribution in [3.8, 4) is 0 Å². The van der Waals surface area contributed by atoms with Gasteiger partial charge >= 0.3 is 12.1 Å². The van der Waals surface area contributed by atoms with Crippen LogP contribution in [0.25, 0.3) is 0 Å². The monoisotopic (exact) mass is 357 g/mol. The van der Waals surface area contributed by atoms with Crippen LogP contribution >= 0.6 is 0 Å². The number of hydrogen-bond acceptors (Lipinski definition) is 5. The fourth-order valence-corrected chi connectivity index (χ4v) is 3.19. The third kappa shape index (κ3) is 9.10. The zero-order chi connectivity index (χ0) is 19.3. The Balaban J connectivity index is 2.43. The van der Waals surface area contributed by atoms with Crippen LogP contribution in [-0.4, -0.2) is 41.0 Å². The van der Waals surface area contributed by atoms with Gasteiger partial charge in [-0.25, -0.2) is 4.79 Å². The molecule has 25 heavy (non-hydrogen) atoms. The highest BCUT2D eigenvalue weighted by Crippen LogP contribution is 2.33. The standard InChI is InChI=1S/C19H35NO5/c1-18(2,3)24-16(22)11-13-7-9-14(10-8-13)15(12-21)20-17(23)25-19(4,5)6/h13-15,21H,7-12H2,1-6H3,(H,20,23)/t13?,14?,15-/m0/s1. The van der Waals surface area contributed by atoms with Crippen molar-refractivity contribution in [2.24, 2.45) is 11.8 Å². The molecule has 0 aromatic carbocycles. The predicted molar refractivity (Wildman–Crippen MR) is 96.2 cm³/mol. The van der Waals surface area contributed by atoms with Crippen molar-refractivity contribution in [2.75, 3.05) is 6.61 Å². The summed E-state index contributed by atoms with van der Waals surface area (Å²) in [6.07, 6.45) is 3.48. The Morgan fingerprint density at radius 2 is 1.52 bits per heavy atom. The predicted octanol–water partition coefficient (Wildman–Crippen LogP) is 3.41. The van der Waals surface area contributed by atoms with Crippen molar-refractivity contribution in [3.63, 3.8) is 0 Å². The number of aliphatic hydroxyl groups excluding tert-OH is 1. The van der Waals surface area contributed by atoms with Crippen LogP contribution in [0.1, 0.15) is 73.6 Å². The van der Waals surface area contributed by atoms with Crippen LogP contribution < -0.4 is 5.32 Å². The van der Waals surface area contributed by atoms with Crippen molar-refractivity contribution in [1.29, 1.82) is 0 Å². The van der Waals surface area contributed by atoms with Gasteiger partial charge in [0.2, 0.25) is 0 Å². The summed E-state index contributed by atoms with van der Waals surface area (Å²) in [6.45, 7) is 10.9. The number of ether oxygens (including phenoxy) is 2. The molecule has 146 valence electrons. The number of rotatable bonds is 5. The largest absolute Gasteiger partial charge is 0.460 e. The topological polar surface area (TPSA) is 84.9 Å². The molecule has 1 amide bonds. The smallest absolute Gasteiger partial charge is 0.407 e. The number of esters is 1. The first-order valence-electron chi connectivity index (χ1n) is 9.22. The maximum Gasteiger partial charge on any atom is 0.407 e. The van der Waals surface area contributed by atoms with Gasteiger partial charge in [-0.05, 0) is 79.1 Å². The highest BCUT2D eigenvalue weighted by atomic mass is 16.6. The lowest BCUT2D eigenvalue weighted by Crippen LogP contribution is -2.46. The molecule has 1 fully saturated rings. The maximum atomic E-state index is 11.9. The van der Waals surface area contributed by atoms with Gasteiger partial charge in [-0.1, -0.05) is 0 Å². The molecular formula is C19H35NO5. The van der Waals surface area contributed by atoms with Crippen LogP contribution in [0, 0.1) is 11.8 Å². The van der Waals surface area contributed by atoms with E-state index in [1.165, 1.54) is 0 Å². The molecule has 1 saturated carbocycles. The second-order valence-corrected chi connectivity index (χ2v) is 9.01. The number of hydrogen-bond donors (Lipinski definition) is 2. The first-order chi connectivity index (χ1) is 11.4. The molecule has 1 rings (SSSR count). The van der Waals surface area contributed by atoms with E-state index in [1.807, 2.05) is 41.5 Å². The molecule has 2 N–H and O–H groups in total. The summed E-state index contributed by atoms with van der Waals surface area (Å²) in [5, 5.41) is 12.4. The Morgan fingerprint density at radius 1 is 1.00 bits per heavy atom. The van der Waals surface area contributed by atoms with Crippen LogP contribution in [0.3, 0.4) is 0 Å². The molecule has 0 bridgehead atoms. The summed E-state index contributed by atoms with van der Waals surface area (Å²) in [5.74, 6) is 0.362. The molecule has 0 saturated heterocycles. The van der Waals surface area contributed by atoms with Crippen molar-refractivity contribution >= 4 is 12.1 Å². The molecular weight excluding hydrogens is 322 g/mol. The number of carbonyl (C=O) groups is 2. The van der Waals surface area contributed by atoms with Crippen molar-refractivity contribution in [2.45, 2.75) is 90.9 Å². The van der Waals surface area contributed by atoms with Gasteiger partial charge in [-0.2, -0.15) is 0 Å². The van der Waals surface area contributed by atoms with Gasteiger partial charge in [-0.3, -0.25) is 4.79 Å². The lowest BCUT2D eigenvalue weighted by Gasteiger charge is -2.34. The van der Waals surface area contributed by atoms with E-state index in [0.29, 0.717) is 12.3 Å². The minimum absolute atomic E-state index is 0.110. The summed E-state index contributed by atoms with van der Waals surface area (Å²) in [6, 6.07) is -0.308. The summed E-state index contributed by atoms with van der Waals surface area (Å²) >= 11 is 0. The molecule has 0 radical (unpaired) electrons. The SMILES string of the molecule is CC(C)(C)OC(=O)CC1CCC([C@H](CO)NC(=O)OC(C)(C)C)CC1. The van der Waals surface area contributed by atoms with Gasteiger partial charge in [0.25, 0.3) is 0 Å². The normalized spacial score (nSPS) is 22.8. The highest BCUT2D eigenvalue weighted by molar-refractivity contribution is 5.70. The van der Waals surface area contributed by atoms with Crippen LogP contribution in [0.15, 0.2) is 0 Å². The fraction of sp³-hybridized carbons (Fsp3) is 0.895. The average molecular weight is 357 g/mol. The molecule has 0 unspecified atom stereocenters. The summed E-state index contributed by atoms with van der Waals surface area (Å²) in [5.41, 5.74) is -1.01. The fourth-order valence-electron chi connectivity index (χ4n) is 3.19. The Kier molecular flexibility index (Phi) is 7.72. The van der Waals surface area contributed by atoms with Gasteiger partial charge in [-0.15, -0.1) is 0 Å². The third-order valence-corrected chi connectivity index (χ3v) is 4.23. The zero-order valence-electron chi connectivity index (χ0n) is 16.6. The zero-order valence-corrected chi connectivity index (χ0v) is 16.6. The molecule has 6 heteroatoms. The Morgan fingerprint density at radius 3 is 1.96 bits per heavy atom. The minimum Gasteiger partial charge on any atom is -0.460 e. The van der Waals surface area contributed by atoms with Gasteiger partial charge in [0.1, 0.15) is 11.2 Å². The lowest BCUT2D eigenvalue weighted by atomic mass is 9.77. The Hall–Kier alpha value is -1.30. The lowest BCUT2D eigenvalue weighted by molar-refractivity contribution is -0.156. The molecule has 1 aliphatic rings. The number of amides is 1. The molecule has 0 aliphatic heterocycles. The van der Waals surface area contributed by atoms with E-state index >= 15 is 0 Å². The quantitative estimate of drug-likeness (QED) is 0.737. The molecule has 0 aromatic rings. The van der Waals surface area contributed by atoms with Crippen molar-refractivity contribution < 1.29 is 24.2 Å². The summed E-state index contributed by atoms with van der Waals surface area (Å²) in [7, 11) is 0. The van der Waals surface area contributed by atoms with Gasteiger partial charge in [0.05, 0.1) is 12.6 Å². The molecule has 1 aliphatic carbocycles. The molecule has 0 spiro atoms. The van der Waals surface area contributed by atoms with E-state index in [-0.39, 0.29) is 24.5 Å². The second kappa shape index (κ2) is 8.88. The third-order valence-electron chi connectivity index (χ3n) is 4.23. The number of carbonyl (C=O) groups excluding carboxylic acids is 2. The molecule has 6 nitrogen and oxygen atoms in total. The Labute approximate surface area is 151 Å². The number of alkyl carbamates (subject to hydrolysis) is 1. The van der Waals surface area contributed by atoms with E-state index in [0.717, 1.165) is 25.7 Å². The van der Waals surface area contributed by atoms with Gasteiger partial charge in [0, 0.05) is 6.42 Å². The van der Waals surface area contributed by atoms with Crippen LogP contribution in [0.2, 0.25) is 0 Å². The molecule has 1 atom stereocenters. The summed E-state index contributed by atoms with van der Waals surface area (Å²) in [4.78, 5) is 23.8. The highest BCUT2D eigenvalue weighted by Gasteiger charge is 2.31. The minimum atomic E-state index is -0.560. The van der Waals surface area contributed by atoms with Gasteiger partial charge < -0.3 is 19.9 Å². The van der Waals surface area contributed by atoms with Crippen molar-refractivity contribution in [3.05, 3.63) is 0 Å². The van der Waals surface area contributed by atoms with E-state index < -0.39 is 17.3 Å². The molecule has 0 heterocycles.